The summed E-state index contributed by atoms with van der Waals surface area (Å²) in [6, 6.07) is 0. The summed E-state index contributed by atoms with van der Waals surface area (Å²) >= 11 is 0. The average molecular weight is 489 g/mol. The molecule has 0 spiro atoms. The van der Waals surface area contributed by atoms with Crippen LogP contribution in [-0.2, 0) is 29.1 Å². The highest BCUT2D eigenvalue weighted by atomic mass is 16.2. The fourth-order valence-electron chi connectivity index (χ4n) is 4.70. The van der Waals surface area contributed by atoms with E-state index in [2.05, 4.69) is 20.6 Å². The molecule has 0 aromatic carbocycles. The summed E-state index contributed by atoms with van der Waals surface area (Å²) in [6.07, 6.45) is 7.58. The van der Waals surface area contributed by atoms with Crippen molar-refractivity contribution in [3.05, 3.63) is 26.7 Å². The van der Waals surface area contributed by atoms with Crippen LogP contribution in [0.25, 0.3) is 11.2 Å². The number of nitrogens with one attached hydrogen (secondary N) is 3. The molecule has 2 heterocycles. The van der Waals surface area contributed by atoms with E-state index >= 15 is 0 Å². The molecule has 194 valence electrons. The van der Waals surface area contributed by atoms with Gasteiger partial charge in [0.15, 0.2) is 11.2 Å². The number of unbranched alkanes of at least 4 members (excludes halogenated alkanes) is 1. The van der Waals surface area contributed by atoms with E-state index in [4.69, 9.17) is 0 Å². The number of aromatic nitrogens is 4. The molecule has 2 aromatic heterocycles. The van der Waals surface area contributed by atoms with Gasteiger partial charge in [-0.05, 0) is 25.2 Å². The number of H-pyrrole nitrogens is 1. The van der Waals surface area contributed by atoms with Gasteiger partial charge in [-0.2, -0.15) is 0 Å². The molecule has 0 aliphatic heterocycles. The second-order valence-corrected chi connectivity index (χ2v) is 9.95. The molecular weight excluding hydrogens is 448 g/mol. The maximum absolute atomic E-state index is 12.7. The second kappa shape index (κ2) is 12.7. The summed E-state index contributed by atoms with van der Waals surface area (Å²) < 4.78 is 3.37. The van der Waals surface area contributed by atoms with E-state index in [1.54, 1.807) is 0 Å². The molecule has 35 heavy (non-hydrogen) atoms. The Kier molecular flexibility index (Phi) is 9.68. The number of rotatable bonds is 12. The lowest BCUT2D eigenvalue weighted by Crippen LogP contribution is -2.38. The number of hydrogen-bond donors (Lipinski definition) is 3. The van der Waals surface area contributed by atoms with Gasteiger partial charge in [0, 0.05) is 44.9 Å². The van der Waals surface area contributed by atoms with Crippen molar-refractivity contribution in [1.82, 2.24) is 29.7 Å². The van der Waals surface area contributed by atoms with Crippen LogP contribution in [0.2, 0.25) is 0 Å². The third kappa shape index (κ3) is 7.05. The first kappa shape index (κ1) is 26.7. The first-order chi connectivity index (χ1) is 16.8. The topological polar surface area (TPSA) is 131 Å². The molecule has 3 rings (SSSR count). The predicted molar refractivity (Wildman–Crippen MR) is 135 cm³/mol. The van der Waals surface area contributed by atoms with E-state index in [0.29, 0.717) is 49.6 Å². The Morgan fingerprint density at radius 1 is 1.09 bits per heavy atom. The molecule has 10 heteroatoms. The number of aromatic amines is 1. The van der Waals surface area contributed by atoms with E-state index in [0.717, 1.165) is 38.5 Å². The summed E-state index contributed by atoms with van der Waals surface area (Å²) in [4.78, 5) is 56.9. The number of nitrogens with zero attached hydrogens (tertiary/aromatic N) is 3. The Balaban J connectivity index is 1.63. The highest BCUT2D eigenvalue weighted by Crippen LogP contribution is 2.23. The third-order valence-corrected chi connectivity index (χ3v) is 6.55. The average Bonchev–Trinajstić information content (AvgIpc) is 3.18. The SMILES string of the molecule is CCCCn1c(=O)[nH]c(=O)c2c1nc(CCC(=O)NCCNC(=O)C1CCCCC1)n2CC(C)C. The van der Waals surface area contributed by atoms with Gasteiger partial charge in [0.1, 0.15) is 5.82 Å². The van der Waals surface area contributed by atoms with Gasteiger partial charge in [0.05, 0.1) is 0 Å². The minimum Gasteiger partial charge on any atom is -0.354 e. The van der Waals surface area contributed by atoms with Gasteiger partial charge in [-0.15, -0.1) is 0 Å². The standard InChI is InChI=1S/C25H40N6O4/c1-4-5-15-30-22-21(24(34)29-25(30)35)31(16-17(2)3)19(28-22)11-12-20(32)26-13-14-27-23(33)18-9-7-6-8-10-18/h17-18H,4-16H2,1-3H3,(H,26,32)(H,27,33)(H,29,34,35). The lowest BCUT2D eigenvalue weighted by atomic mass is 9.89. The first-order valence-electron chi connectivity index (χ1n) is 13.1. The molecule has 10 nitrogen and oxygen atoms in total. The van der Waals surface area contributed by atoms with Gasteiger partial charge in [-0.1, -0.05) is 46.5 Å². The van der Waals surface area contributed by atoms with E-state index in [9.17, 15) is 19.2 Å². The van der Waals surface area contributed by atoms with Gasteiger partial charge in [0.2, 0.25) is 11.8 Å². The number of aryl methyl sites for hydroxylation is 2. The fraction of sp³-hybridized carbons (Fsp3) is 0.720. The van der Waals surface area contributed by atoms with Crippen LogP contribution in [0.15, 0.2) is 9.59 Å². The molecule has 2 aromatic rings. The van der Waals surface area contributed by atoms with Crippen LogP contribution in [-0.4, -0.2) is 44.0 Å². The molecule has 1 fully saturated rings. The first-order valence-corrected chi connectivity index (χ1v) is 13.1. The van der Waals surface area contributed by atoms with E-state index < -0.39 is 11.2 Å². The summed E-state index contributed by atoms with van der Waals surface area (Å²) in [5, 5.41) is 5.77. The van der Waals surface area contributed by atoms with Crippen LogP contribution in [0.5, 0.6) is 0 Å². The molecule has 1 aliphatic rings. The fourth-order valence-corrected chi connectivity index (χ4v) is 4.70. The van der Waals surface area contributed by atoms with Gasteiger partial charge in [0.25, 0.3) is 5.56 Å². The lowest BCUT2D eigenvalue weighted by molar-refractivity contribution is -0.126. The number of imidazole rings is 1. The van der Waals surface area contributed by atoms with Crippen molar-refractivity contribution in [2.24, 2.45) is 11.8 Å². The van der Waals surface area contributed by atoms with Crippen molar-refractivity contribution in [3.8, 4) is 0 Å². The minimum atomic E-state index is -0.454. The number of amides is 2. The molecule has 0 unspecified atom stereocenters. The summed E-state index contributed by atoms with van der Waals surface area (Å²) in [6.45, 7) is 7.96. The van der Waals surface area contributed by atoms with Crippen molar-refractivity contribution >= 4 is 23.0 Å². The van der Waals surface area contributed by atoms with E-state index in [-0.39, 0.29) is 30.1 Å². The molecule has 0 saturated heterocycles. The zero-order valence-electron chi connectivity index (χ0n) is 21.3. The summed E-state index contributed by atoms with van der Waals surface area (Å²) in [7, 11) is 0. The normalized spacial score (nSPS) is 14.5. The number of fused-ring (bicyclic) bond motifs is 1. The summed E-state index contributed by atoms with van der Waals surface area (Å²) in [5.41, 5.74) is -0.135. The van der Waals surface area contributed by atoms with Crippen LogP contribution in [0.4, 0.5) is 0 Å². The van der Waals surface area contributed by atoms with Crippen molar-refractivity contribution in [3.63, 3.8) is 0 Å². The van der Waals surface area contributed by atoms with Gasteiger partial charge >= 0.3 is 5.69 Å². The Hall–Kier alpha value is -2.91. The minimum absolute atomic E-state index is 0.0840. The van der Waals surface area contributed by atoms with Crippen LogP contribution in [0, 0.1) is 11.8 Å². The van der Waals surface area contributed by atoms with Crippen LogP contribution in [0.3, 0.4) is 0 Å². The Bertz CT molecular complexity index is 1120. The Labute approximate surface area is 205 Å². The van der Waals surface area contributed by atoms with Crippen LogP contribution in [0.1, 0.15) is 78.0 Å². The maximum Gasteiger partial charge on any atom is 0.330 e. The lowest BCUT2D eigenvalue weighted by Gasteiger charge is -2.20. The number of hydrogen-bond acceptors (Lipinski definition) is 5. The Morgan fingerprint density at radius 2 is 1.80 bits per heavy atom. The zero-order chi connectivity index (χ0) is 25.4. The smallest absolute Gasteiger partial charge is 0.330 e. The summed E-state index contributed by atoms with van der Waals surface area (Å²) in [5.74, 6) is 0.920. The van der Waals surface area contributed by atoms with Crippen molar-refractivity contribution in [1.29, 1.82) is 0 Å². The van der Waals surface area contributed by atoms with E-state index in [1.165, 1.54) is 11.0 Å². The molecule has 3 N–H and O–H groups in total. The van der Waals surface area contributed by atoms with Crippen molar-refractivity contribution in [2.75, 3.05) is 13.1 Å². The largest absolute Gasteiger partial charge is 0.354 e. The molecule has 1 aliphatic carbocycles. The number of carbonyl (C=O) groups is 2. The molecule has 0 bridgehead atoms. The highest BCUT2D eigenvalue weighted by molar-refractivity contribution is 5.79. The molecular formula is C25H40N6O4. The molecule has 2 amide bonds. The van der Waals surface area contributed by atoms with Gasteiger partial charge in [-0.25, -0.2) is 9.78 Å². The van der Waals surface area contributed by atoms with Gasteiger partial charge in [-0.3, -0.25) is 23.9 Å². The second-order valence-electron chi connectivity index (χ2n) is 9.95. The van der Waals surface area contributed by atoms with Crippen molar-refractivity contribution in [2.45, 2.75) is 91.6 Å². The third-order valence-electron chi connectivity index (χ3n) is 6.55. The maximum atomic E-state index is 12.7. The monoisotopic (exact) mass is 488 g/mol. The quantitative estimate of drug-likeness (QED) is 0.394. The Morgan fingerprint density at radius 3 is 2.49 bits per heavy atom. The molecule has 0 atom stereocenters. The van der Waals surface area contributed by atoms with E-state index in [1.807, 2.05) is 25.3 Å². The van der Waals surface area contributed by atoms with Crippen molar-refractivity contribution < 1.29 is 9.59 Å². The van der Waals surface area contributed by atoms with Crippen LogP contribution < -0.4 is 21.9 Å². The predicted octanol–water partition coefficient (Wildman–Crippen LogP) is 2.09. The number of carbonyl (C=O) groups excluding carboxylic acids is 2. The highest BCUT2D eigenvalue weighted by Gasteiger charge is 2.21. The molecule has 1 saturated carbocycles. The molecule has 0 radical (unpaired) electrons. The zero-order valence-corrected chi connectivity index (χ0v) is 21.3. The van der Waals surface area contributed by atoms with Crippen LogP contribution >= 0.6 is 0 Å². The van der Waals surface area contributed by atoms with Gasteiger partial charge < -0.3 is 15.2 Å².